The molecule has 5 rings (SSSR count). The van der Waals surface area contributed by atoms with Crippen molar-refractivity contribution in [2.24, 2.45) is 11.8 Å². The van der Waals surface area contributed by atoms with Gasteiger partial charge in [-0.05, 0) is 48.1 Å². The molecule has 1 saturated carbocycles. The van der Waals surface area contributed by atoms with Crippen LogP contribution in [-0.4, -0.2) is 45.6 Å². The molecule has 2 heterocycles. The molecule has 0 bridgehead atoms. The van der Waals surface area contributed by atoms with Crippen LogP contribution in [0.5, 0.6) is 0 Å². The Morgan fingerprint density at radius 3 is 2.69 bits per heavy atom. The van der Waals surface area contributed by atoms with E-state index in [2.05, 4.69) is 6.07 Å². The molecule has 2 aliphatic rings. The van der Waals surface area contributed by atoms with Gasteiger partial charge in [-0.15, -0.1) is 0 Å². The van der Waals surface area contributed by atoms with Crippen LogP contribution < -0.4 is 0 Å². The zero-order valence-electron chi connectivity index (χ0n) is 18.2. The van der Waals surface area contributed by atoms with E-state index in [0.717, 1.165) is 47.6 Å². The number of aromatic nitrogens is 1. The molecule has 3 aromatic rings. The van der Waals surface area contributed by atoms with Crippen LogP contribution in [0.2, 0.25) is 0 Å². The topological polar surface area (TPSA) is 86.9 Å². The summed E-state index contributed by atoms with van der Waals surface area (Å²) in [5.74, 6) is 0.604. The third kappa shape index (κ3) is 4.09. The Hall–Kier alpha value is -2.93. The largest absolute Gasteiger partial charge is 0.438 e. The van der Waals surface area contributed by atoms with Crippen LogP contribution >= 0.6 is 0 Å². The fraction of sp³-hybridized carbons (Fsp3) is 0.480. The van der Waals surface area contributed by atoms with Crippen molar-refractivity contribution in [1.82, 2.24) is 14.9 Å². The number of likely N-dealkylation sites (tertiary alicyclic amines) is 1. The maximum Gasteiger partial charge on any atom is 0.233 e. The van der Waals surface area contributed by atoms with Crippen molar-refractivity contribution in [1.29, 1.82) is 0 Å². The van der Waals surface area contributed by atoms with Crippen molar-refractivity contribution >= 4 is 34.2 Å². The van der Waals surface area contributed by atoms with Crippen molar-refractivity contribution in [3.05, 3.63) is 42.3 Å². The maximum absolute atomic E-state index is 13.6. The molecule has 7 heteroatoms. The molecule has 168 valence electrons. The Labute approximate surface area is 186 Å². The summed E-state index contributed by atoms with van der Waals surface area (Å²) in [6.07, 6.45) is 7.34. The van der Waals surface area contributed by atoms with E-state index in [4.69, 9.17) is 9.40 Å². The van der Waals surface area contributed by atoms with Crippen molar-refractivity contribution in [3.63, 3.8) is 0 Å². The number of carbonyl (C=O) groups is 2. The Morgan fingerprint density at radius 1 is 1.19 bits per heavy atom. The molecular weight excluding hydrogens is 406 g/mol. The molecule has 2 aromatic carbocycles. The standard InChI is InChI=1S/C25H29N3O4/c29-16-27(31)15-20(12-17-6-1-2-7-17)25(30)28-11-5-10-22(28)24-26-21-13-18-8-3-4-9-19(18)14-23(21)32-24/h3-4,8-9,13-14,16-17,20,22,31H,1-2,5-7,10-12,15H2/t20-,22-/m0/s1. The number of hydrogen-bond donors (Lipinski definition) is 1. The predicted octanol–water partition coefficient (Wildman–Crippen LogP) is 4.69. The number of amides is 2. The lowest BCUT2D eigenvalue weighted by atomic mass is 9.91. The van der Waals surface area contributed by atoms with Crippen LogP contribution in [0.25, 0.3) is 21.9 Å². The molecule has 1 aromatic heterocycles. The number of carbonyl (C=O) groups excluding carboxylic acids is 2. The van der Waals surface area contributed by atoms with Crippen molar-refractivity contribution in [2.75, 3.05) is 13.1 Å². The first-order chi connectivity index (χ1) is 15.6. The summed E-state index contributed by atoms with van der Waals surface area (Å²) < 4.78 is 6.13. The zero-order chi connectivity index (χ0) is 22.1. The number of hydroxylamine groups is 2. The van der Waals surface area contributed by atoms with E-state index in [9.17, 15) is 14.8 Å². The first-order valence-corrected chi connectivity index (χ1v) is 11.6. The van der Waals surface area contributed by atoms with E-state index in [1.807, 2.05) is 35.2 Å². The lowest BCUT2D eigenvalue weighted by molar-refractivity contribution is -0.157. The fourth-order valence-electron chi connectivity index (χ4n) is 5.47. The molecular formula is C25H29N3O4. The quantitative estimate of drug-likeness (QED) is 0.331. The Morgan fingerprint density at radius 2 is 1.94 bits per heavy atom. The van der Waals surface area contributed by atoms with Gasteiger partial charge < -0.3 is 9.32 Å². The van der Waals surface area contributed by atoms with Gasteiger partial charge in [0.05, 0.1) is 12.5 Å². The average Bonchev–Trinajstić information content (AvgIpc) is 3.56. The minimum absolute atomic E-state index is 0.0206. The number of oxazole rings is 1. The van der Waals surface area contributed by atoms with E-state index in [1.54, 1.807) is 0 Å². The number of fused-ring (bicyclic) bond motifs is 2. The van der Waals surface area contributed by atoms with Crippen LogP contribution in [0.15, 0.2) is 40.8 Å². The molecule has 0 spiro atoms. The first kappa shape index (κ1) is 20.9. The van der Waals surface area contributed by atoms with E-state index in [-0.39, 0.29) is 18.5 Å². The molecule has 32 heavy (non-hydrogen) atoms. The smallest absolute Gasteiger partial charge is 0.233 e. The molecule has 1 aliphatic carbocycles. The highest BCUT2D eigenvalue weighted by atomic mass is 16.5. The van der Waals surface area contributed by atoms with Crippen molar-refractivity contribution in [3.8, 4) is 0 Å². The number of nitrogens with zero attached hydrogens (tertiary/aromatic N) is 3. The third-order valence-electron chi connectivity index (χ3n) is 7.06. The Kier molecular flexibility index (Phi) is 5.83. The average molecular weight is 436 g/mol. The van der Waals surface area contributed by atoms with Gasteiger partial charge in [-0.2, -0.15) is 0 Å². The molecule has 2 amide bonds. The van der Waals surface area contributed by atoms with Crippen LogP contribution in [-0.2, 0) is 9.59 Å². The van der Waals surface area contributed by atoms with Gasteiger partial charge >= 0.3 is 0 Å². The SMILES string of the molecule is O=CN(O)C[C@H](CC1CCCC1)C(=O)N1CCC[C@H]1c1nc2cc3ccccc3cc2o1. The molecule has 1 saturated heterocycles. The summed E-state index contributed by atoms with van der Waals surface area (Å²) in [6, 6.07) is 11.9. The van der Waals surface area contributed by atoms with Gasteiger partial charge in [0.2, 0.25) is 18.2 Å². The molecule has 7 nitrogen and oxygen atoms in total. The van der Waals surface area contributed by atoms with Gasteiger partial charge in [0.1, 0.15) is 11.6 Å². The van der Waals surface area contributed by atoms with Crippen molar-refractivity contribution < 1.29 is 19.2 Å². The van der Waals surface area contributed by atoms with Crippen LogP contribution in [0.4, 0.5) is 0 Å². The maximum atomic E-state index is 13.6. The molecule has 2 atom stereocenters. The number of hydrogen-bond acceptors (Lipinski definition) is 5. The minimum Gasteiger partial charge on any atom is -0.438 e. The summed E-state index contributed by atoms with van der Waals surface area (Å²) in [5, 5.41) is 12.6. The van der Waals surface area contributed by atoms with Gasteiger partial charge in [0, 0.05) is 6.54 Å². The van der Waals surface area contributed by atoms with Crippen LogP contribution in [0.3, 0.4) is 0 Å². The normalized spacial score (nSPS) is 20.3. The minimum atomic E-state index is -0.416. The van der Waals surface area contributed by atoms with Crippen molar-refractivity contribution in [2.45, 2.75) is 51.0 Å². The van der Waals surface area contributed by atoms with Gasteiger partial charge in [0.25, 0.3) is 0 Å². The lowest BCUT2D eigenvalue weighted by Gasteiger charge is -2.29. The highest BCUT2D eigenvalue weighted by Gasteiger charge is 2.38. The number of benzene rings is 2. The second kappa shape index (κ2) is 8.90. The Balaban J connectivity index is 1.41. The van der Waals surface area contributed by atoms with Crippen LogP contribution in [0.1, 0.15) is 56.9 Å². The number of rotatable bonds is 7. The molecule has 2 fully saturated rings. The fourth-order valence-corrected chi connectivity index (χ4v) is 5.47. The summed E-state index contributed by atoms with van der Waals surface area (Å²) in [7, 11) is 0. The van der Waals surface area contributed by atoms with Gasteiger partial charge in [-0.3, -0.25) is 14.8 Å². The Bertz CT molecular complexity index is 1070. The van der Waals surface area contributed by atoms with Crippen LogP contribution in [0, 0.1) is 11.8 Å². The molecule has 1 N–H and O–H groups in total. The monoisotopic (exact) mass is 435 g/mol. The second-order valence-electron chi connectivity index (χ2n) is 9.22. The molecule has 0 radical (unpaired) electrons. The molecule has 0 unspecified atom stereocenters. The predicted molar refractivity (Wildman–Crippen MR) is 120 cm³/mol. The highest BCUT2D eigenvalue weighted by molar-refractivity contribution is 5.94. The highest BCUT2D eigenvalue weighted by Crippen LogP contribution is 2.37. The second-order valence-corrected chi connectivity index (χ2v) is 9.22. The first-order valence-electron chi connectivity index (χ1n) is 11.6. The zero-order valence-corrected chi connectivity index (χ0v) is 18.2. The third-order valence-corrected chi connectivity index (χ3v) is 7.06. The van der Waals surface area contributed by atoms with E-state index in [0.29, 0.717) is 36.2 Å². The van der Waals surface area contributed by atoms with Gasteiger partial charge in [-0.25, -0.2) is 10.0 Å². The molecule has 1 aliphatic heterocycles. The van der Waals surface area contributed by atoms with E-state index in [1.165, 1.54) is 12.8 Å². The summed E-state index contributed by atoms with van der Waals surface area (Å²) in [6.45, 7) is 0.666. The van der Waals surface area contributed by atoms with E-state index >= 15 is 0 Å². The van der Waals surface area contributed by atoms with Gasteiger partial charge in [0.15, 0.2) is 5.58 Å². The lowest BCUT2D eigenvalue weighted by Crippen LogP contribution is -2.41. The van der Waals surface area contributed by atoms with Gasteiger partial charge in [-0.1, -0.05) is 49.9 Å². The summed E-state index contributed by atoms with van der Waals surface area (Å²) >= 11 is 0. The van der Waals surface area contributed by atoms with E-state index < -0.39 is 5.92 Å². The summed E-state index contributed by atoms with van der Waals surface area (Å²) in [5.41, 5.74) is 1.52. The summed E-state index contributed by atoms with van der Waals surface area (Å²) in [4.78, 5) is 31.2.